The molecule has 1 aliphatic carbocycles. The Kier molecular flexibility index (Phi) is 1.77. The SMILES string of the molecule is O=CO.c1cc2oc3cc2cc1C3. The summed E-state index contributed by atoms with van der Waals surface area (Å²) in [5.74, 6) is 1.10. The minimum Gasteiger partial charge on any atom is -0.483 e. The summed E-state index contributed by atoms with van der Waals surface area (Å²) in [5, 5.41) is 8.14. The number of carbonyl (C=O) groups is 1. The number of rotatable bonds is 0. The van der Waals surface area contributed by atoms with E-state index < -0.39 is 0 Å². The van der Waals surface area contributed by atoms with E-state index in [0.29, 0.717) is 0 Å². The summed E-state index contributed by atoms with van der Waals surface area (Å²) in [6.07, 6.45) is 0.976. The predicted molar refractivity (Wildman–Crippen MR) is 47.7 cm³/mol. The van der Waals surface area contributed by atoms with E-state index in [1.807, 2.05) is 6.07 Å². The molecule has 1 N–H and O–H groups in total. The zero-order chi connectivity index (χ0) is 9.26. The monoisotopic (exact) mass is 176 g/mol. The first kappa shape index (κ1) is 7.86. The maximum absolute atomic E-state index is 8.36. The molecule has 3 rings (SSSR count). The molecule has 1 aromatic carbocycles. The highest BCUT2D eigenvalue weighted by Gasteiger charge is 2.10. The van der Waals surface area contributed by atoms with Crippen molar-refractivity contribution in [2.24, 2.45) is 0 Å². The van der Waals surface area contributed by atoms with Gasteiger partial charge in [-0.25, -0.2) is 0 Å². The minimum absolute atomic E-state index is 0.250. The fourth-order valence-electron chi connectivity index (χ4n) is 1.55. The Morgan fingerprint density at radius 1 is 1.38 bits per heavy atom. The van der Waals surface area contributed by atoms with Crippen LogP contribution in [0.5, 0.6) is 0 Å². The highest BCUT2D eigenvalue weighted by molar-refractivity contribution is 5.80. The van der Waals surface area contributed by atoms with Crippen molar-refractivity contribution in [3.8, 4) is 0 Å². The van der Waals surface area contributed by atoms with Gasteiger partial charge in [-0.3, -0.25) is 4.79 Å². The molecular weight excluding hydrogens is 168 g/mol. The lowest BCUT2D eigenvalue weighted by atomic mass is 10.0. The molecule has 0 radical (unpaired) electrons. The second-order valence-corrected chi connectivity index (χ2v) is 2.87. The minimum atomic E-state index is -0.250. The van der Waals surface area contributed by atoms with E-state index in [1.54, 1.807) is 0 Å². The number of carboxylic acid groups (broad SMARTS) is 1. The van der Waals surface area contributed by atoms with Crippen LogP contribution in [-0.4, -0.2) is 11.6 Å². The molecular formula is C10H8O3. The number of hydrogen-bond acceptors (Lipinski definition) is 2. The third-order valence-electron chi connectivity index (χ3n) is 2.01. The van der Waals surface area contributed by atoms with Crippen LogP contribution in [0.4, 0.5) is 0 Å². The Morgan fingerprint density at radius 2 is 2.15 bits per heavy atom. The lowest BCUT2D eigenvalue weighted by molar-refractivity contribution is -0.122. The normalized spacial score (nSPS) is 11.4. The van der Waals surface area contributed by atoms with Crippen molar-refractivity contribution in [2.45, 2.75) is 6.42 Å². The summed E-state index contributed by atoms with van der Waals surface area (Å²) in [4.78, 5) is 8.36. The molecule has 3 nitrogen and oxygen atoms in total. The van der Waals surface area contributed by atoms with Crippen molar-refractivity contribution in [2.75, 3.05) is 0 Å². The van der Waals surface area contributed by atoms with E-state index in [0.717, 1.165) is 17.8 Å². The van der Waals surface area contributed by atoms with Gasteiger partial charge >= 0.3 is 0 Å². The quantitative estimate of drug-likeness (QED) is 0.533. The predicted octanol–water partition coefficient (Wildman–Crippen LogP) is 2.04. The molecule has 13 heavy (non-hydrogen) atoms. The fourth-order valence-corrected chi connectivity index (χ4v) is 1.55. The maximum Gasteiger partial charge on any atom is 0.290 e. The molecule has 0 saturated carbocycles. The lowest BCUT2D eigenvalue weighted by Crippen LogP contribution is -1.85. The molecule has 0 atom stereocenters. The highest BCUT2D eigenvalue weighted by Crippen LogP contribution is 2.27. The molecule has 0 saturated heterocycles. The van der Waals surface area contributed by atoms with Gasteiger partial charge in [-0.05, 0) is 23.8 Å². The number of hydrogen-bond donors (Lipinski definition) is 1. The Morgan fingerprint density at radius 3 is 2.92 bits per heavy atom. The topological polar surface area (TPSA) is 50.4 Å². The van der Waals surface area contributed by atoms with E-state index in [9.17, 15) is 0 Å². The lowest BCUT2D eigenvalue weighted by Gasteiger charge is -1.97. The second kappa shape index (κ2) is 2.94. The molecule has 0 aliphatic heterocycles. The van der Waals surface area contributed by atoms with Gasteiger partial charge in [0.05, 0.1) is 0 Å². The smallest absolute Gasteiger partial charge is 0.290 e. The first-order valence-corrected chi connectivity index (χ1v) is 3.92. The van der Waals surface area contributed by atoms with E-state index in [1.165, 1.54) is 10.9 Å². The first-order valence-electron chi connectivity index (χ1n) is 3.92. The van der Waals surface area contributed by atoms with Crippen LogP contribution in [-0.2, 0) is 11.2 Å². The largest absolute Gasteiger partial charge is 0.483 e. The Labute approximate surface area is 74.6 Å². The van der Waals surface area contributed by atoms with Crippen LogP contribution in [0.25, 0.3) is 11.0 Å². The molecule has 2 aromatic rings. The summed E-state index contributed by atoms with van der Waals surface area (Å²) < 4.78 is 5.48. The molecule has 1 aromatic heterocycles. The first-order chi connectivity index (χ1) is 6.33. The summed E-state index contributed by atoms with van der Waals surface area (Å²) in [5.41, 5.74) is 2.39. The van der Waals surface area contributed by atoms with Gasteiger partial charge in [-0.15, -0.1) is 0 Å². The average molecular weight is 176 g/mol. The van der Waals surface area contributed by atoms with Crippen molar-refractivity contribution in [3.05, 3.63) is 35.6 Å². The van der Waals surface area contributed by atoms with E-state index in [2.05, 4.69) is 18.2 Å². The molecule has 66 valence electrons. The van der Waals surface area contributed by atoms with Gasteiger partial charge < -0.3 is 9.52 Å². The van der Waals surface area contributed by atoms with Crippen LogP contribution in [0.3, 0.4) is 0 Å². The van der Waals surface area contributed by atoms with Gasteiger partial charge in [0, 0.05) is 11.8 Å². The van der Waals surface area contributed by atoms with Gasteiger partial charge in [-0.1, -0.05) is 6.07 Å². The molecule has 1 heterocycles. The zero-order valence-corrected chi connectivity index (χ0v) is 6.86. The summed E-state index contributed by atoms with van der Waals surface area (Å²) >= 11 is 0. The number of furan rings is 1. The van der Waals surface area contributed by atoms with E-state index in [-0.39, 0.29) is 6.47 Å². The maximum atomic E-state index is 8.36. The van der Waals surface area contributed by atoms with E-state index in [4.69, 9.17) is 14.3 Å². The van der Waals surface area contributed by atoms with Crippen molar-refractivity contribution in [3.63, 3.8) is 0 Å². The van der Waals surface area contributed by atoms with Crippen LogP contribution in [0.15, 0.2) is 28.7 Å². The van der Waals surface area contributed by atoms with Crippen molar-refractivity contribution >= 4 is 17.4 Å². The Balaban J connectivity index is 0.000000196. The summed E-state index contributed by atoms with van der Waals surface area (Å²) in [7, 11) is 0. The van der Waals surface area contributed by atoms with Gasteiger partial charge in [0.25, 0.3) is 6.47 Å². The fraction of sp³-hybridized carbons (Fsp3) is 0.100. The van der Waals surface area contributed by atoms with Crippen LogP contribution >= 0.6 is 0 Å². The number of benzene rings is 1. The van der Waals surface area contributed by atoms with Crippen molar-refractivity contribution in [1.29, 1.82) is 0 Å². The van der Waals surface area contributed by atoms with Gasteiger partial charge in [0.15, 0.2) is 0 Å². The molecule has 3 bridgehead atoms. The van der Waals surface area contributed by atoms with Crippen molar-refractivity contribution < 1.29 is 14.3 Å². The molecule has 0 spiro atoms. The number of fused-ring (bicyclic) bond motifs is 2. The zero-order valence-electron chi connectivity index (χ0n) is 6.86. The Bertz CT molecular complexity index is 429. The van der Waals surface area contributed by atoms with Crippen LogP contribution in [0.2, 0.25) is 0 Å². The third kappa shape index (κ3) is 1.28. The molecule has 3 heteroatoms. The molecule has 0 amide bonds. The molecule has 1 aliphatic rings. The van der Waals surface area contributed by atoms with Crippen LogP contribution in [0, 0.1) is 0 Å². The average Bonchev–Trinajstić information content (AvgIpc) is 2.28. The molecule has 0 fully saturated rings. The van der Waals surface area contributed by atoms with Gasteiger partial charge in [0.2, 0.25) is 0 Å². The van der Waals surface area contributed by atoms with E-state index >= 15 is 0 Å². The highest BCUT2D eigenvalue weighted by atomic mass is 16.3. The standard InChI is InChI=1S/C9H6O.CH2O2/c1-2-9-7-3-6(1)4-8(5-7)10-9;2-1-3/h1-3,5H,4H2;1H,(H,2,3). The van der Waals surface area contributed by atoms with Crippen LogP contribution in [0.1, 0.15) is 11.3 Å². The molecule has 0 unspecified atom stereocenters. The van der Waals surface area contributed by atoms with Gasteiger partial charge in [-0.2, -0.15) is 0 Å². The summed E-state index contributed by atoms with van der Waals surface area (Å²) in [6, 6.07) is 8.47. The van der Waals surface area contributed by atoms with Gasteiger partial charge in [0.1, 0.15) is 11.3 Å². The second-order valence-electron chi connectivity index (χ2n) is 2.87. The Hall–Kier alpha value is -1.77. The van der Waals surface area contributed by atoms with Crippen molar-refractivity contribution in [1.82, 2.24) is 0 Å². The summed E-state index contributed by atoms with van der Waals surface area (Å²) in [6.45, 7) is -0.250. The van der Waals surface area contributed by atoms with Crippen LogP contribution < -0.4 is 0 Å². The third-order valence-corrected chi connectivity index (χ3v) is 2.01.